The van der Waals surface area contributed by atoms with Crippen LogP contribution in [0.25, 0.3) is 43.4 Å². The number of amides is 3. The first-order chi connectivity index (χ1) is 40.7. The van der Waals surface area contributed by atoms with Crippen molar-refractivity contribution in [2.75, 3.05) is 57.4 Å². The Morgan fingerprint density at radius 2 is 1.75 bits per heavy atom. The summed E-state index contributed by atoms with van der Waals surface area (Å²) in [5.74, 6) is -1.14. The predicted molar refractivity (Wildman–Crippen MR) is 315 cm³/mol. The molecule has 3 aromatic carbocycles. The number of hydrogen-bond acceptors (Lipinski definition) is 17. The van der Waals surface area contributed by atoms with E-state index >= 15 is 4.39 Å². The second-order valence-corrected chi connectivity index (χ2v) is 25.1. The van der Waals surface area contributed by atoms with E-state index in [2.05, 4.69) is 55.7 Å². The minimum atomic E-state index is -0.879. The van der Waals surface area contributed by atoms with Gasteiger partial charge in [0.1, 0.15) is 48.3 Å². The molecule has 6 fully saturated rings. The molecular formula is C63H72FN11O8S. The quantitative estimate of drug-likeness (QED) is 0.0777. The summed E-state index contributed by atoms with van der Waals surface area (Å²) in [6.45, 7) is 13.2. The number of anilines is 1. The number of hydrogen-bond donors (Lipinski definition) is 3. The van der Waals surface area contributed by atoms with Crippen LogP contribution in [0.2, 0.25) is 0 Å². The molecule has 2 bridgehead atoms. The number of carbonyl (C=O) groups is 3. The normalized spacial score (nSPS) is 24.0. The van der Waals surface area contributed by atoms with E-state index in [4.69, 9.17) is 33.7 Å². The molecule has 6 aliphatic rings. The van der Waals surface area contributed by atoms with E-state index in [9.17, 15) is 19.5 Å². The predicted octanol–water partition coefficient (Wildman–Crippen LogP) is 8.76. The fraction of sp³-hybridized carbons (Fsp3) is 0.492. The zero-order valence-electron chi connectivity index (χ0n) is 48.1. The van der Waals surface area contributed by atoms with Crippen LogP contribution in [-0.2, 0) is 20.7 Å². The van der Waals surface area contributed by atoms with Crippen LogP contribution in [0, 0.1) is 18.7 Å². The molecule has 7 aromatic rings. The molecule has 10 heterocycles. The van der Waals surface area contributed by atoms with Crippen molar-refractivity contribution in [2.24, 2.45) is 5.92 Å². The van der Waals surface area contributed by atoms with Gasteiger partial charge in [-0.3, -0.25) is 19.5 Å². The number of likely N-dealkylation sites (tertiary alicyclic amines) is 2. The van der Waals surface area contributed by atoms with Crippen molar-refractivity contribution in [3.8, 4) is 33.6 Å². The summed E-state index contributed by atoms with van der Waals surface area (Å²) < 4.78 is 41.8. The van der Waals surface area contributed by atoms with Crippen molar-refractivity contribution < 1.29 is 42.6 Å². The van der Waals surface area contributed by atoms with Gasteiger partial charge in [-0.2, -0.15) is 9.97 Å². The average molecular weight is 1160 g/mol. The molecule has 13 rings (SSSR count). The molecule has 3 N–H and O–H groups in total. The van der Waals surface area contributed by atoms with Crippen molar-refractivity contribution in [3.63, 3.8) is 0 Å². The molecule has 84 heavy (non-hydrogen) atoms. The van der Waals surface area contributed by atoms with Crippen LogP contribution in [0.1, 0.15) is 107 Å². The van der Waals surface area contributed by atoms with E-state index in [1.54, 1.807) is 28.5 Å². The maximum absolute atomic E-state index is 17.3. The Balaban J connectivity index is 0.621. The number of aliphatic hydroxyl groups is 1. The molecule has 0 radical (unpaired) electrons. The highest BCUT2D eigenvalue weighted by atomic mass is 32.1. The van der Waals surface area contributed by atoms with Crippen LogP contribution in [0.3, 0.4) is 0 Å². The van der Waals surface area contributed by atoms with Gasteiger partial charge < -0.3 is 49.2 Å². The SMILES string of the molecule is CCc1cccc2cccc(-c3ncc4c(N5CC6CCC(C5)N6)nc(OC[C@]56CCCN5[C@H](COC(=O)N5CC(Oc7cc([C@H](C(=O)N8C[C@H](O)C[C@H]8C(=O)N[C@@H](C)c8ccc(-c9scnc9C)cc8)C(C)C)on7)C5)CC6)nc4c3F)c12. The third-order valence-electron chi connectivity index (χ3n) is 18.5. The van der Waals surface area contributed by atoms with Crippen LogP contribution in [-0.4, -0.2) is 157 Å². The van der Waals surface area contributed by atoms with Gasteiger partial charge in [-0.15, -0.1) is 11.3 Å². The number of aryl methyl sites for hydroxylation is 2. The Labute approximate surface area is 491 Å². The lowest BCUT2D eigenvalue weighted by Gasteiger charge is -2.38. The summed E-state index contributed by atoms with van der Waals surface area (Å²) in [4.78, 5) is 69.5. The summed E-state index contributed by atoms with van der Waals surface area (Å²) >= 11 is 1.58. The van der Waals surface area contributed by atoms with Crippen LogP contribution >= 0.6 is 11.3 Å². The van der Waals surface area contributed by atoms with Gasteiger partial charge in [-0.1, -0.05) is 81.4 Å². The average Bonchev–Trinajstić information content (AvgIpc) is 2.54. The maximum atomic E-state index is 17.3. The highest BCUT2D eigenvalue weighted by molar-refractivity contribution is 7.13. The van der Waals surface area contributed by atoms with E-state index in [1.165, 1.54) is 4.90 Å². The Kier molecular flexibility index (Phi) is 15.2. The number of nitrogens with one attached hydrogen (secondary N) is 2. The number of thiazole rings is 1. The highest BCUT2D eigenvalue weighted by Gasteiger charge is 2.51. The maximum Gasteiger partial charge on any atom is 0.410 e. The zero-order valence-corrected chi connectivity index (χ0v) is 48.9. The summed E-state index contributed by atoms with van der Waals surface area (Å²) in [6.07, 6.45) is 6.62. The molecule has 8 atom stereocenters. The molecule has 21 heteroatoms. The largest absolute Gasteiger partial charge is 0.468 e. The number of ether oxygens (including phenoxy) is 3. The molecule has 6 aliphatic heterocycles. The molecule has 0 aliphatic carbocycles. The van der Waals surface area contributed by atoms with Crippen molar-refractivity contribution in [2.45, 2.75) is 140 Å². The van der Waals surface area contributed by atoms with Gasteiger partial charge in [-0.05, 0) is 104 Å². The van der Waals surface area contributed by atoms with E-state index in [0.717, 1.165) is 108 Å². The number of halogens is 1. The first-order valence-electron chi connectivity index (χ1n) is 29.8. The second kappa shape index (κ2) is 22.9. The van der Waals surface area contributed by atoms with Gasteiger partial charge in [0.15, 0.2) is 11.6 Å². The standard InChI is InChI=1S/C63H72FN11O8S/c1-6-38-10-7-11-40-12-8-13-47(53(38)40)55-54(64)56-48(26-65-55)58(72-27-42-18-19-43(28-72)68-42)70-61(69-56)81-33-63-21-9-23-75(63)44(20-22-63)32-80-62(79)73-30-46(31-73)82-51-25-50(83-71-51)52(35(2)3)60(78)74-29-45(76)24-49(74)59(77)67-36(4)39-14-16-41(17-15-39)57-37(5)66-34-84-57/h7-8,10-17,25-26,34-36,42-46,49,52,68,76H,6,9,18-24,27-33H2,1-5H3,(H,67,77)/t36-,42?,43?,44-,45+,49-,52+,63+/m0/s1. The topological polar surface area (TPSA) is 214 Å². The molecule has 2 unspecified atom stereocenters. The molecule has 0 saturated carbocycles. The van der Waals surface area contributed by atoms with E-state index < -0.39 is 30.0 Å². The van der Waals surface area contributed by atoms with Crippen molar-refractivity contribution in [3.05, 3.63) is 107 Å². The smallest absolute Gasteiger partial charge is 0.410 e. The molecule has 6 saturated heterocycles. The number of β-amino-alcohol motifs (C(OH)–C–C–N with tert-alkyl or cyclic N) is 1. The highest BCUT2D eigenvalue weighted by Crippen LogP contribution is 2.44. The number of rotatable bonds is 17. The second-order valence-electron chi connectivity index (χ2n) is 24.3. The number of aromatic nitrogens is 5. The molecule has 3 amide bonds. The first kappa shape index (κ1) is 55.8. The third-order valence-corrected chi connectivity index (χ3v) is 19.4. The molecule has 4 aromatic heterocycles. The van der Waals surface area contributed by atoms with Crippen molar-refractivity contribution >= 4 is 56.7 Å². The lowest BCUT2D eigenvalue weighted by Crippen LogP contribution is -2.56. The summed E-state index contributed by atoms with van der Waals surface area (Å²) in [5, 5.41) is 24.3. The van der Waals surface area contributed by atoms with Crippen LogP contribution in [0.4, 0.5) is 15.0 Å². The number of nitrogens with zero attached hydrogens (tertiary/aromatic N) is 9. The van der Waals surface area contributed by atoms with Gasteiger partial charge in [-0.25, -0.2) is 14.2 Å². The summed E-state index contributed by atoms with van der Waals surface area (Å²) in [5.41, 5.74) is 6.72. The summed E-state index contributed by atoms with van der Waals surface area (Å²) in [7, 11) is 0. The zero-order chi connectivity index (χ0) is 58.0. The summed E-state index contributed by atoms with van der Waals surface area (Å²) in [6, 6.07) is 21.2. The minimum absolute atomic E-state index is 0.00791. The first-order valence-corrected chi connectivity index (χ1v) is 30.7. The number of piperazine rings is 1. The Bertz CT molecular complexity index is 3600. The minimum Gasteiger partial charge on any atom is -0.468 e. The lowest BCUT2D eigenvalue weighted by atomic mass is 9.91. The number of pyridine rings is 1. The lowest BCUT2D eigenvalue weighted by molar-refractivity contribution is -0.141. The molecule has 19 nitrogen and oxygen atoms in total. The van der Waals surface area contributed by atoms with Crippen LogP contribution in [0.15, 0.2) is 83.0 Å². The van der Waals surface area contributed by atoms with Crippen LogP contribution in [0.5, 0.6) is 11.9 Å². The molecular weight excluding hydrogens is 1090 g/mol. The van der Waals surface area contributed by atoms with E-state index in [1.807, 2.05) is 75.7 Å². The molecule has 440 valence electrons. The monoisotopic (exact) mass is 1160 g/mol. The van der Waals surface area contributed by atoms with Crippen molar-refractivity contribution in [1.82, 2.24) is 50.4 Å². The van der Waals surface area contributed by atoms with Gasteiger partial charge in [0, 0.05) is 62.0 Å². The van der Waals surface area contributed by atoms with Crippen molar-refractivity contribution in [1.29, 1.82) is 0 Å². The fourth-order valence-corrected chi connectivity index (χ4v) is 14.9. The number of aliphatic hydroxyl groups excluding tert-OH is 1. The van der Waals surface area contributed by atoms with Gasteiger partial charge in [0.05, 0.1) is 52.2 Å². The molecule has 0 spiro atoms. The van der Waals surface area contributed by atoms with E-state index in [0.29, 0.717) is 29.9 Å². The Hall–Kier alpha value is -7.33. The third kappa shape index (κ3) is 10.6. The van der Waals surface area contributed by atoms with Crippen LogP contribution < -0.4 is 25.0 Å². The van der Waals surface area contributed by atoms with E-state index in [-0.39, 0.29) is 103 Å². The number of benzene rings is 3. The fourth-order valence-electron chi connectivity index (χ4n) is 14.1. The number of carbonyl (C=O) groups excluding carboxylic acids is 3. The number of fused-ring (bicyclic) bond motifs is 5. The van der Waals surface area contributed by atoms with Gasteiger partial charge >= 0.3 is 12.1 Å². The van der Waals surface area contributed by atoms with Gasteiger partial charge in [0.2, 0.25) is 11.8 Å². The Morgan fingerprint density at radius 1 is 0.964 bits per heavy atom. The van der Waals surface area contributed by atoms with Gasteiger partial charge in [0.25, 0.3) is 5.88 Å². The Morgan fingerprint density at radius 3 is 2.50 bits per heavy atom.